The van der Waals surface area contributed by atoms with E-state index >= 15 is 0 Å². The van der Waals surface area contributed by atoms with Crippen LogP contribution in [0.15, 0.2) is 0 Å². The van der Waals surface area contributed by atoms with Gasteiger partial charge in [0, 0.05) is 52.4 Å². The summed E-state index contributed by atoms with van der Waals surface area (Å²) in [5.74, 6) is 2.71. The molecule has 0 aromatic rings. The monoisotopic (exact) mass is 418 g/mol. The third-order valence-corrected chi connectivity index (χ3v) is 5.82. The van der Waals surface area contributed by atoms with Gasteiger partial charge in [-0.25, -0.2) is 0 Å². The highest BCUT2D eigenvalue weighted by Gasteiger charge is 2.13. The van der Waals surface area contributed by atoms with Gasteiger partial charge in [0.1, 0.15) is 7.63 Å². The third-order valence-electron chi connectivity index (χ3n) is 4.52. The Kier molecular flexibility index (Phi) is 15.0. The molecule has 0 rings (SSSR count). The summed E-state index contributed by atoms with van der Waals surface area (Å²) >= 11 is 1.70. The summed E-state index contributed by atoms with van der Waals surface area (Å²) < 4.78 is 12.4. The van der Waals surface area contributed by atoms with Crippen LogP contribution >= 0.6 is 11.8 Å². The molecule has 28 heavy (non-hydrogen) atoms. The average molecular weight is 419 g/mol. The number of rotatable bonds is 17. The zero-order chi connectivity index (χ0) is 22.2. The number of likely N-dealkylation sites (N-methyl/N-ethyl adjacent to an activating group) is 2. The summed E-state index contributed by atoms with van der Waals surface area (Å²) in [5, 5.41) is 0. The van der Waals surface area contributed by atoms with Gasteiger partial charge in [-0.15, -0.1) is 0 Å². The van der Waals surface area contributed by atoms with Crippen molar-refractivity contribution in [2.24, 2.45) is 11.8 Å². The van der Waals surface area contributed by atoms with E-state index in [-0.39, 0.29) is 11.8 Å². The van der Waals surface area contributed by atoms with E-state index in [2.05, 4.69) is 20.8 Å². The van der Waals surface area contributed by atoms with Crippen molar-refractivity contribution in [2.45, 2.75) is 52.9 Å². The second kappa shape index (κ2) is 16.8. The molecule has 0 fully saturated rings. The molecule has 0 aromatic heterocycles. The van der Waals surface area contributed by atoms with Gasteiger partial charge in [0.2, 0.25) is 11.8 Å². The quantitative estimate of drug-likeness (QED) is 0.268. The number of ether oxygens (including phenoxy) is 1. The van der Waals surface area contributed by atoms with E-state index in [4.69, 9.17) is 6.11 Å². The second-order valence-electron chi connectivity index (χ2n) is 7.79. The van der Waals surface area contributed by atoms with Crippen molar-refractivity contribution in [3.8, 4) is 0 Å². The van der Waals surface area contributed by atoms with Gasteiger partial charge >= 0.3 is 0 Å². The van der Waals surface area contributed by atoms with Gasteiger partial charge in [-0.1, -0.05) is 20.8 Å². The van der Waals surface area contributed by atoms with Crippen molar-refractivity contribution in [1.82, 2.24) is 9.80 Å². The van der Waals surface area contributed by atoms with Crippen LogP contribution in [0.3, 0.4) is 0 Å². The average Bonchev–Trinajstić information content (AvgIpc) is 2.66. The van der Waals surface area contributed by atoms with Gasteiger partial charge in [-0.05, 0) is 30.4 Å². The molecule has 7 heteroatoms. The van der Waals surface area contributed by atoms with E-state index in [0.29, 0.717) is 57.4 Å². The summed E-state index contributed by atoms with van der Waals surface area (Å²) in [7, 11) is 3.52. The van der Waals surface area contributed by atoms with Crippen LogP contribution in [0.2, 0.25) is 0 Å². The summed E-state index contributed by atoms with van der Waals surface area (Å²) in [6, 6.07) is 0. The second-order valence-corrected chi connectivity index (χ2v) is 8.94. The number of amides is 2. The molecular formula is C21H40N2O4S. The molecule has 1 unspecified atom stereocenters. The lowest BCUT2D eigenvalue weighted by molar-refractivity contribution is -0.134. The first-order valence-corrected chi connectivity index (χ1v) is 11.4. The van der Waals surface area contributed by atoms with Crippen LogP contribution in [0, 0.1) is 11.8 Å². The van der Waals surface area contributed by atoms with Crippen molar-refractivity contribution in [3.63, 3.8) is 0 Å². The molecular weight excluding hydrogens is 376 g/mol. The fraction of sp³-hybridized carbons (Fsp3) is 0.857. The highest BCUT2D eigenvalue weighted by molar-refractivity contribution is 7.99. The minimum absolute atomic E-state index is 0.0334. The van der Waals surface area contributed by atoms with Crippen LogP contribution in [-0.4, -0.2) is 79.8 Å². The summed E-state index contributed by atoms with van der Waals surface area (Å²) in [4.78, 5) is 38.3. The Morgan fingerprint density at radius 3 is 2.21 bits per heavy atom. The predicted molar refractivity (Wildman–Crippen MR) is 117 cm³/mol. The summed E-state index contributed by atoms with van der Waals surface area (Å²) in [5.41, 5.74) is 0. The smallest absolute Gasteiger partial charge is 0.224 e. The molecule has 0 bridgehead atoms. The van der Waals surface area contributed by atoms with Gasteiger partial charge in [-0.2, -0.15) is 11.8 Å². The fourth-order valence-corrected chi connectivity index (χ4v) is 3.40. The number of thioether (sulfide) groups is 1. The van der Waals surface area contributed by atoms with Crippen molar-refractivity contribution in [2.75, 3.05) is 51.9 Å². The number of hydrogen-bond acceptors (Lipinski definition) is 5. The summed E-state index contributed by atoms with van der Waals surface area (Å²) in [6.45, 7) is 8.50. The van der Waals surface area contributed by atoms with Gasteiger partial charge < -0.3 is 19.3 Å². The molecule has 0 N–H and O–H groups in total. The van der Waals surface area contributed by atoms with Gasteiger partial charge in [0.25, 0.3) is 0 Å². The van der Waals surface area contributed by atoms with Crippen molar-refractivity contribution in [3.05, 3.63) is 0 Å². The van der Waals surface area contributed by atoms with E-state index in [1.165, 1.54) is 0 Å². The Morgan fingerprint density at radius 2 is 1.64 bits per heavy atom. The molecule has 0 aliphatic rings. The van der Waals surface area contributed by atoms with Crippen LogP contribution in [-0.2, 0) is 19.1 Å². The molecule has 6 nitrogen and oxygen atoms in total. The van der Waals surface area contributed by atoms with E-state index in [9.17, 15) is 14.4 Å². The molecule has 0 spiro atoms. The number of hydrogen-bond donors (Lipinski definition) is 0. The number of nitrogens with zero attached hydrogens (tertiary/aromatic N) is 2. The third kappa shape index (κ3) is 14.9. The van der Waals surface area contributed by atoms with Gasteiger partial charge in [0.05, 0.1) is 13.0 Å². The molecule has 0 aromatic carbocycles. The van der Waals surface area contributed by atoms with Crippen molar-refractivity contribution >= 4 is 29.8 Å². The maximum Gasteiger partial charge on any atom is 0.224 e. The minimum atomic E-state index is -0.513. The fourth-order valence-electron chi connectivity index (χ4n) is 2.34. The molecule has 0 saturated heterocycles. The highest BCUT2D eigenvalue weighted by Crippen LogP contribution is 2.14. The van der Waals surface area contributed by atoms with E-state index in [1.807, 2.05) is 0 Å². The maximum atomic E-state index is 12.2. The first kappa shape index (κ1) is 25.0. The van der Waals surface area contributed by atoms with E-state index < -0.39 is 6.26 Å². The first-order valence-electron chi connectivity index (χ1n) is 10.8. The molecule has 1 atom stereocenters. The van der Waals surface area contributed by atoms with Crippen LogP contribution in [0.4, 0.5) is 0 Å². The van der Waals surface area contributed by atoms with Crippen LogP contribution < -0.4 is 0 Å². The molecule has 0 aliphatic heterocycles. The van der Waals surface area contributed by atoms with Gasteiger partial charge in [-0.3, -0.25) is 9.59 Å². The number of carbonyl (C=O) groups excluding carboxylic acids is 3. The molecule has 0 radical (unpaired) electrons. The molecule has 0 heterocycles. The van der Waals surface area contributed by atoms with Gasteiger partial charge in [0.15, 0.2) is 0 Å². The first-order chi connectivity index (χ1) is 13.6. The minimum Gasteiger partial charge on any atom is -0.381 e. The lowest BCUT2D eigenvalue weighted by Gasteiger charge is -2.22. The molecule has 2 amide bonds. The lowest BCUT2D eigenvalue weighted by Crippen LogP contribution is -2.37. The Bertz CT molecular complexity index is 491. The summed E-state index contributed by atoms with van der Waals surface area (Å²) in [6.07, 6.45) is 2.35. The van der Waals surface area contributed by atoms with Crippen LogP contribution in [0.5, 0.6) is 0 Å². The molecule has 164 valence electrons. The molecule has 0 aliphatic carbocycles. The Morgan fingerprint density at radius 1 is 1.04 bits per heavy atom. The van der Waals surface area contributed by atoms with E-state index in [1.54, 1.807) is 35.7 Å². The van der Waals surface area contributed by atoms with E-state index in [0.717, 1.165) is 24.3 Å². The zero-order valence-electron chi connectivity index (χ0n) is 19.4. The number of aldehydes is 1. The Labute approximate surface area is 177 Å². The predicted octanol–water partition coefficient (Wildman–Crippen LogP) is 3.09. The SMILES string of the molecule is [3H]C(=O)CCC(C)CSCCC(=O)N(C)CCN(C)C(=O)CCOCCC(C)C. The topological polar surface area (TPSA) is 66.9 Å². The van der Waals surface area contributed by atoms with Crippen LogP contribution in [0.25, 0.3) is 0 Å². The maximum absolute atomic E-state index is 12.2. The molecule has 0 saturated carbocycles. The number of carbonyl (C=O) groups is 3. The van der Waals surface area contributed by atoms with Crippen LogP contribution in [0.1, 0.15) is 54.2 Å². The van der Waals surface area contributed by atoms with Crippen molar-refractivity contribution < 1.29 is 20.5 Å². The van der Waals surface area contributed by atoms with Crippen molar-refractivity contribution in [1.29, 1.82) is 0 Å². The standard InChI is InChI=1S/C21H40N2O4S/c1-18(2)8-14-27-15-9-20(25)22(4)11-12-23(5)21(26)10-16-28-17-19(3)7-6-13-24/h13,18-19H,6-12,14-17H2,1-5H3/i13T. The Balaban J connectivity index is 3.85. The lowest BCUT2D eigenvalue weighted by atomic mass is 10.1. The Hall–Kier alpha value is -1.08. The highest BCUT2D eigenvalue weighted by atomic mass is 32.2. The zero-order valence-corrected chi connectivity index (χ0v) is 19.2. The normalized spacial score (nSPS) is 12.6. The largest absolute Gasteiger partial charge is 0.381 e.